The molecule has 0 radical (unpaired) electrons. The zero-order valence-electron chi connectivity index (χ0n) is 11.7. The van der Waals surface area contributed by atoms with E-state index in [0.29, 0.717) is 5.92 Å². The Balaban J connectivity index is 3.21. The summed E-state index contributed by atoms with van der Waals surface area (Å²) >= 11 is 0. The molecule has 0 atom stereocenters. The molecule has 1 aromatic rings. The van der Waals surface area contributed by atoms with E-state index < -0.39 is 5.60 Å². The van der Waals surface area contributed by atoms with E-state index in [2.05, 4.69) is 36.1 Å². The van der Waals surface area contributed by atoms with E-state index in [1.165, 1.54) is 0 Å². The molecule has 0 fully saturated rings. The Morgan fingerprint density at radius 2 is 2.00 bits per heavy atom. The summed E-state index contributed by atoms with van der Waals surface area (Å²) in [6.45, 7) is 11.1. The standard InChI is InChI=1S/C13H23N3O/c1-7-14-11-8-10(9(2)3)15-12(16-11)13(4,5)17-6/h8-9H,7H2,1-6H3,(H,14,15,16). The van der Waals surface area contributed by atoms with E-state index >= 15 is 0 Å². The molecule has 4 heteroatoms. The first-order valence-corrected chi connectivity index (χ1v) is 6.09. The summed E-state index contributed by atoms with van der Waals surface area (Å²) < 4.78 is 5.44. The fourth-order valence-corrected chi connectivity index (χ4v) is 1.39. The van der Waals surface area contributed by atoms with Gasteiger partial charge in [-0.3, -0.25) is 0 Å². The van der Waals surface area contributed by atoms with Crippen molar-refractivity contribution in [1.29, 1.82) is 0 Å². The lowest BCUT2D eigenvalue weighted by atomic mass is 10.1. The van der Waals surface area contributed by atoms with Crippen molar-refractivity contribution in [1.82, 2.24) is 9.97 Å². The molecule has 0 unspecified atom stereocenters. The molecule has 1 N–H and O–H groups in total. The highest BCUT2D eigenvalue weighted by Gasteiger charge is 2.24. The predicted octanol–water partition coefficient (Wildman–Crippen LogP) is 2.91. The number of anilines is 1. The molecule has 1 aromatic heterocycles. The lowest BCUT2D eigenvalue weighted by molar-refractivity contribution is 0.0114. The molecule has 0 aliphatic heterocycles. The van der Waals surface area contributed by atoms with E-state index in [-0.39, 0.29) is 0 Å². The fourth-order valence-electron chi connectivity index (χ4n) is 1.39. The van der Waals surface area contributed by atoms with E-state index in [1.54, 1.807) is 7.11 Å². The molecule has 0 aliphatic rings. The van der Waals surface area contributed by atoms with Gasteiger partial charge in [-0.05, 0) is 26.7 Å². The molecule has 0 spiro atoms. The number of aromatic nitrogens is 2. The van der Waals surface area contributed by atoms with Crippen LogP contribution < -0.4 is 5.32 Å². The van der Waals surface area contributed by atoms with Crippen LogP contribution in [0.2, 0.25) is 0 Å². The maximum atomic E-state index is 5.44. The van der Waals surface area contributed by atoms with Crippen molar-refractivity contribution in [2.75, 3.05) is 19.0 Å². The summed E-state index contributed by atoms with van der Waals surface area (Å²) in [6, 6.07) is 2.00. The van der Waals surface area contributed by atoms with Crippen LogP contribution in [0.4, 0.5) is 5.82 Å². The van der Waals surface area contributed by atoms with E-state index in [0.717, 1.165) is 23.9 Å². The molecule has 96 valence electrons. The summed E-state index contributed by atoms with van der Waals surface area (Å²) in [7, 11) is 1.68. The lowest BCUT2D eigenvalue weighted by Crippen LogP contribution is -2.24. The third kappa shape index (κ3) is 3.40. The third-order valence-corrected chi connectivity index (χ3v) is 2.74. The molecule has 1 rings (SSSR count). The van der Waals surface area contributed by atoms with Gasteiger partial charge >= 0.3 is 0 Å². The van der Waals surface area contributed by atoms with Gasteiger partial charge in [-0.2, -0.15) is 0 Å². The molecule has 0 saturated carbocycles. The quantitative estimate of drug-likeness (QED) is 0.855. The zero-order valence-corrected chi connectivity index (χ0v) is 11.7. The second-order valence-corrected chi connectivity index (χ2v) is 4.90. The molecule has 0 saturated heterocycles. The Kier molecular flexibility index (Phi) is 4.46. The summed E-state index contributed by atoms with van der Waals surface area (Å²) in [6.07, 6.45) is 0. The highest BCUT2D eigenvalue weighted by Crippen LogP contribution is 2.24. The van der Waals surface area contributed by atoms with Crippen molar-refractivity contribution < 1.29 is 4.74 Å². The van der Waals surface area contributed by atoms with Gasteiger partial charge in [-0.15, -0.1) is 0 Å². The largest absolute Gasteiger partial charge is 0.371 e. The Bertz CT molecular complexity index is 375. The Labute approximate surface area is 104 Å². The molecule has 0 bridgehead atoms. The van der Waals surface area contributed by atoms with Gasteiger partial charge in [-0.25, -0.2) is 9.97 Å². The van der Waals surface area contributed by atoms with Crippen LogP contribution in [0.15, 0.2) is 6.07 Å². The van der Waals surface area contributed by atoms with Gasteiger partial charge in [0, 0.05) is 25.4 Å². The molecule has 0 aromatic carbocycles. The second-order valence-electron chi connectivity index (χ2n) is 4.90. The summed E-state index contributed by atoms with van der Waals surface area (Å²) in [5.74, 6) is 1.97. The number of hydrogen-bond donors (Lipinski definition) is 1. The Morgan fingerprint density at radius 3 is 2.47 bits per heavy atom. The number of ether oxygens (including phenoxy) is 1. The number of rotatable bonds is 5. The summed E-state index contributed by atoms with van der Waals surface area (Å²) in [5.41, 5.74) is 0.575. The number of nitrogens with one attached hydrogen (secondary N) is 1. The van der Waals surface area contributed by atoms with Crippen molar-refractivity contribution >= 4 is 5.82 Å². The van der Waals surface area contributed by atoms with Crippen LogP contribution in [-0.4, -0.2) is 23.6 Å². The molecular weight excluding hydrogens is 214 g/mol. The van der Waals surface area contributed by atoms with E-state index in [4.69, 9.17) is 4.74 Å². The van der Waals surface area contributed by atoms with Crippen LogP contribution in [0.3, 0.4) is 0 Å². The topological polar surface area (TPSA) is 47.0 Å². The highest BCUT2D eigenvalue weighted by molar-refractivity contribution is 5.37. The smallest absolute Gasteiger partial charge is 0.162 e. The van der Waals surface area contributed by atoms with Gasteiger partial charge in [0.2, 0.25) is 0 Å². The molecular formula is C13H23N3O. The van der Waals surface area contributed by atoms with Gasteiger partial charge in [0.1, 0.15) is 11.4 Å². The SMILES string of the molecule is CCNc1cc(C(C)C)nc(C(C)(C)OC)n1. The van der Waals surface area contributed by atoms with Gasteiger partial charge < -0.3 is 10.1 Å². The van der Waals surface area contributed by atoms with Gasteiger partial charge in [-0.1, -0.05) is 13.8 Å². The first kappa shape index (κ1) is 13.9. The first-order chi connectivity index (χ1) is 7.90. The van der Waals surface area contributed by atoms with Crippen LogP contribution in [0.25, 0.3) is 0 Å². The van der Waals surface area contributed by atoms with Crippen LogP contribution in [-0.2, 0) is 10.3 Å². The normalized spacial score (nSPS) is 11.9. The third-order valence-electron chi connectivity index (χ3n) is 2.74. The summed E-state index contributed by atoms with van der Waals surface area (Å²) in [5, 5.41) is 3.23. The lowest BCUT2D eigenvalue weighted by Gasteiger charge is -2.23. The van der Waals surface area contributed by atoms with Gasteiger partial charge in [0.25, 0.3) is 0 Å². The minimum atomic E-state index is -0.463. The second kappa shape index (κ2) is 5.45. The predicted molar refractivity (Wildman–Crippen MR) is 70.3 cm³/mol. The van der Waals surface area contributed by atoms with Crippen molar-refractivity contribution in [3.05, 3.63) is 17.6 Å². The maximum Gasteiger partial charge on any atom is 0.162 e. The fraction of sp³-hybridized carbons (Fsp3) is 0.692. The number of methoxy groups -OCH3 is 1. The zero-order chi connectivity index (χ0) is 13.1. The molecule has 17 heavy (non-hydrogen) atoms. The van der Waals surface area contributed by atoms with Crippen LogP contribution in [0.1, 0.15) is 52.1 Å². The molecule has 1 heterocycles. The first-order valence-electron chi connectivity index (χ1n) is 6.09. The molecule has 4 nitrogen and oxygen atoms in total. The minimum absolute atomic E-state index is 0.377. The van der Waals surface area contributed by atoms with Crippen molar-refractivity contribution in [2.45, 2.75) is 46.1 Å². The van der Waals surface area contributed by atoms with Gasteiger partial charge in [0.05, 0.1) is 0 Å². The van der Waals surface area contributed by atoms with Crippen LogP contribution >= 0.6 is 0 Å². The average molecular weight is 237 g/mol. The number of hydrogen-bond acceptors (Lipinski definition) is 4. The van der Waals surface area contributed by atoms with E-state index in [1.807, 2.05) is 19.9 Å². The average Bonchev–Trinajstić information content (AvgIpc) is 2.29. The van der Waals surface area contributed by atoms with Crippen molar-refractivity contribution in [3.63, 3.8) is 0 Å². The molecule has 0 amide bonds. The Morgan fingerprint density at radius 1 is 1.35 bits per heavy atom. The van der Waals surface area contributed by atoms with Gasteiger partial charge in [0.15, 0.2) is 5.82 Å². The highest BCUT2D eigenvalue weighted by atomic mass is 16.5. The minimum Gasteiger partial charge on any atom is -0.371 e. The Hall–Kier alpha value is -1.16. The van der Waals surface area contributed by atoms with Crippen molar-refractivity contribution in [3.8, 4) is 0 Å². The van der Waals surface area contributed by atoms with Crippen LogP contribution in [0, 0.1) is 0 Å². The van der Waals surface area contributed by atoms with Crippen molar-refractivity contribution in [2.24, 2.45) is 0 Å². The summed E-state index contributed by atoms with van der Waals surface area (Å²) in [4.78, 5) is 9.08. The van der Waals surface area contributed by atoms with E-state index in [9.17, 15) is 0 Å². The monoisotopic (exact) mass is 237 g/mol. The number of nitrogens with zero attached hydrogens (tertiary/aromatic N) is 2. The molecule has 0 aliphatic carbocycles. The maximum absolute atomic E-state index is 5.44. The van der Waals surface area contributed by atoms with Crippen LogP contribution in [0.5, 0.6) is 0 Å².